The predicted molar refractivity (Wildman–Crippen MR) is 77.3 cm³/mol. The zero-order chi connectivity index (χ0) is 15.2. The minimum Gasteiger partial charge on any atom is -0.478 e. The Labute approximate surface area is 121 Å². The van der Waals surface area contributed by atoms with Crippen molar-refractivity contribution >= 4 is 11.9 Å². The number of esters is 1. The lowest BCUT2D eigenvalue weighted by atomic mass is 9.74. The Balaban J connectivity index is 2.80. The standard InChI is InChI=1S/C16H26O4/c1-4-6-8-13-12(14(17)18)9-10-16(13,3)15(19)20-11-7-5-2/h9,13H,4-8,10-11H2,1-3H3,(H,17,18). The van der Waals surface area contributed by atoms with Gasteiger partial charge in [-0.25, -0.2) is 4.79 Å². The van der Waals surface area contributed by atoms with Crippen LogP contribution in [0.4, 0.5) is 0 Å². The monoisotopic (exact) mass is 282 g/mol. The van der Waals surface area contributed by atoms with Crippen molar-refractivity contribution in [2.75, 3.05) is 6.61 Å². The number of carbonyl (C=O) groups is 2. The van der Waals surface area contributed by atoms with Crippen LogP contribution in [0.5, 0.6) is 0 Å². The molecular weight excluding hydrogens is 256 g/mol. The largest absolute Gasteiger partial charge is 0.478 e. The van der Waals surface area contributed by atoms with E-state index in [4.69, 9.17) is 4.74 Å². The third-order valence-corrected chi connectivity index (χ3v) is 4.18. The zero-order valence-corrected chi connectivity index (χ0v) is 12.8. The summed E-state index contributed by atoms with van der Waals surface area (Å²) in [6.07, 6.45) is 6.63. The van der Waals surface area contributed by atoms with E-state index in [0.717, 1.165) is 32.1 Å². The van der Waals surface area contributed by atoms with Gasteiger partial charge in [0, 0.05) is 11.5 Å². The van der Waals surface area contributed by atoms with Crippen LogP contribution in [-0.2, 0) is 14.3 Å². The van der Waals surface area contributed by atoms with E-state index < -0.39 is 11.4 Å². The van der Waals surface area contributed by atoms with E-state index in [1.165, 1.54) is 0 Å². The summed E-state index contributed by atoms with van der Waals surface area (Å²) in [5, 5.41) is 9.29. The van der Waals surface area contributed by atoms with Crippen molar-refractivity contribution in [3.05, 3.63) is 11.6 Å². The molecule has 0 aromatic rings. The van der Waals surface area contributed by atoms with Crippen molar-refractivity contribution in [1.82, 2.24) is 0 Å². The Morgan fingerprint density at radius 3 is 2.55 bits per heavy atom. The number of carbonyl (C=O) groups excluding carboxylic acids is 1. The summed E-state index contributed by atoms with van der Waals surface area (Å²) in [5.41, 5.74) is -0.329. The lowest BCUT2D eigenvalue weighted by Crippen LogP contribution is -2.36. The number of hydrogen-bond acceptors (Lipinski definition) is 3. The second kappa shape index (κ2) is 7.46. The fraction of sp³-hybridized carbons (Fsp3) is 0.750. The summed E-state index contributed by atoms with van der Waals surface area (Å²) < 4.78 is 5.34. The molecule has 0 heterocycles. The third-order valence-electron chi connectivity index (χ3n) is 4.18. The number of allylic oxidation sites excluding steroid dienone is 1. The van der Waals surface area contributed by atoms with Crippen LogP contribution < -0.4 is 0 Å². The molecule has 0 bridgehead atoms. The molecule has 0 saturated carbocycles. The van der Waals surface area contributed by atoms with Gasteiger partial charge in [0.05, 0.1) is 12.0 Å². The number of aliphatic carboxylic acids is 1. The lowest BCUT2D eigenvalue weighted by Gasteiger charge is -2.30. The topological polar surface area (TPSA) is 63.6 Å². The van der Waals surface area contributed by atoms with Crippen molar-refractivity contribution in [3.63, 3.8) is 0 Å². The minimum absolute atomic E-state index is 0.228. The Morgan fingerprint density at radius 2 is 2.00 bits per heavy atom. The van der Waals surface area contributed by atoms with Crippen LogP contribution in [0.1, 0.15) is 59.3 Å². The molecule has 0 radical (unpaired) electrons. The van der Waals surface area contributed by atoms with E-state index in [1.54, 1.807) is 6.08 Å². The smallest absolute Gasteiger partial charge is 0.331 e. The van der Waals surface area contributed by atoms with Gasteiger partial charge in [0.15, 0.2) is 0 Å². The second-order valence-corrected chi connectivity index (χ2v) is 5.77. The van der Waals surface area contributed by atoms with Gasteiger partial charge in [-0.05, 0) is 26.2 Å². The SMILES string of the molecule is CCCCOC(=O)C1(C)CC=C(C(=O)O)C1CCCC. The van der Waals surface area contributed by atoms with Crippen LogP contribution in [-0.4, -0.2) is 23.7 Å². The van der Waals surface area contributed by atoms with Crippen LogP contribution in [0, 0.1) is 11.3 Å². The molecule has 0 amide bonds. The van der Waals surface area contributed by atoms with E-state index in [1.807, 2.05) is 13.8 Å². The van der Waals surface area contributed by atoms with Gasteiger partial charge in [-0.2, -0.15) is 0 Å². The number of unbranched alkanes of at least 4 members (excludes halogenated alkanes) is 2. The molecular formula is C16H26O4. The molecule has 0 aromatic heterocycles. The number of hydrogen-bond donors (Lipinski definition) is 1. The van der Waals surface area contributed by atoms with E-state index >= 15 is 0 Å². The van der Waals surface area contributed by atoms with Crippen LogP contribution in [0.3, 0.4) is 0 Å². The Morgan fingerprint density at radius 1 is 1.35 bits per heavy atom. The lowest BCUT2D eigenvalue weighted by molar-refractivity contribution is -0.157. The van der Waals surface area contributed by atoms with Gasteiger partial charge >= 0.3 is 11.9 Å². The van der Waals surface area contributed by atoms with E-state index in [9.17, 15) is 14.7 Å². The number of carboxylic acid groups (broad SMARTS) is 1. The van der Waals surface area contributed by atoms with Crippen molar-refractivity contribution in [2.24, 2.45) is 11.3 Å². The van der Waals surface area contributed by atoms with Gasteiger partial charge in [-0.3, -0.25) is 4.79 Å². The molecule has 1 rings (SSSR count). The molecule has 0 aromatic carbocycles. The first-order chi connectivity index (χ1) is 9.47. The first-order valence-electron chi connectivity index (χ1n) is 7.57. The summed E-state index contributed by atoms with van der Waals surface area (Å²) >= 11 is 0. The maximum Gasteiger partial charge on any atom is 0.331 e. The Hall–Kier alpha value is -1.32. The summed E-state index contributed by atoms with van der Waals surface area (Å²) in [7, 11) is 0. The highest BCUT2D eigenvalue weighted by Gasteiger charge is 2.48. The molecule has 2 atom stereocenters. The third kappa shape index (κ3) is 3.62. The first kappa shape index (κ1) is 16.7. The van der Waals surface area contributed by atoms with E-state index in [0.29, 0.717) is 18.6 Å². The second-order valence-electron chi connectivity index (χ2n) is 5.77. The van der Waals surface area contributed by atoms with Crippen molar-refractivity contribution in [3.8, 4) is 0 Å². The van der Waals surface area contributed by atoms with Crippen LogP contribution in [0.2, 0.25) is 0 Å². The minimum atomic E-state index is -0.906. The molecule has 1 aliphatic carbocycles. The van der Waals surface area contributed by atoms with Crippen LogP contribution in [0.15, 0.2) is 11.6 Å². The number of carboxylic acids is 1. The van der Waals surface area contributed by atoms with Crippen molar-refractivity contribution in [1.29, 1.82) is 0 Å². The quantitative estimate of drug-likeness (QED) is 0.546. The number of rotatable bonds is 8. The van der Waals surface area contributed by atoms with Gasteiger partial charge in [-0.1, -0.05) is 39.2 Å². The first-order valence-corrected chi connectivity index (χ1v) is 7.57. The molecule has 0 spiro atoms. The van der Waals surface area contributed by atoms with Gasteiger partial charge in [0.2, 0.25) is 0 Å². The van der Waals surface area contributed by atoms with Crippen LogP contribution in [0.25, 0.3) is 0 Å². The summed E-state index contributed by atoms with van der Waals surface area (Å²) in [6.45, 7) is 6.37. The van der Waals surface area contributed by atoms with Gasteiger partial charge in [0.1, 0.15) is 0 Å². The Bertz CT molecular complexity index is 386. The molecule has 2 unspecified atom stereocenters. The predicted octanol–water partition coefficient (Wildman–Crippen LogP) is 3.56. The summed E-state index contributed by atoms with van der Waals surface area (Å²) in [4.78, 5) is 23.7. The molecule has 4 heteroatoms. The molecule has 4 nitrogen and oxygen atoms in total. The summed E-state index contributed by atoms with van der Waals surface area (Å²) in [6, 6.07) is 0. The molecule has 0 aliphatic heterocycles. The highest BCUT2D eigenvalue weighted by Crippen LogP contribution is 2.46. The van der Waals surface area contributed by atoms with E-state index in [2.05, 4.69) is 6.92 Å². The van der Waals surface area contributed by atoms with Gasteiger partial charge in [-0.15, -0.1) is 0 Å². The fourth-order valence-corrected chi connectivity index (χ4v) is 2.77. The molecule has 1 aliphatic rings. The molecule has 114 valence electrons. The van der Waals surface area contributed by atoms with Crippen molar-refractivity contribution in [2.45, 2.75) is 59.3 Å². The van der Waals surface area contributed by atoms with Gasteiger partial charge in [0.25, 0.3) is 0 Å². The highest BCUT2D eigenvalue weighted by molar-refractivity contribution is 5.91. The summed E-state index contributed by atoms with van der Waals surface area (Å²) in [5.74, 6) is -1.38. The average molecular weight is 282 g/mol. The van der Waals surface area contributed by atoms with E-state index in [-0.39, 0.29) is 11.9 Å². The average Bonchev–Trinajstić information content (AvgIpc) is 2.75. The number of ether oxygens (including phenoxy) is 1. The van der Waals surface area contributed by atoms with Gasteiger partial charge < -0.3 is 9.84 Å². The Kier molecular flexibility index (Phi) is 6.24. The maximum absolute atomic E-state index is 12.3. The zero-order valence-electron chi connectivity index (χ0n) is 12.8. The highest BCUT2D eigenvalue weighted by atomic mass is 16.5. The normalized spacial score (nSPS) is 25.4. The fourth-order valence-electron chi connectivity index (χ4n) is 2.77. The molecule has 0 fully saturated rings. The molecule has 20 heavy (non-hydrogen) atoms. The van der Waals surface area contributed by atoms with Crippen LogP contribution >= 0.6 is 0 Å². The molecule has 0 saturated heterocycles. The van der Waals surface area contributed by atoms with Crippen molar-refractivity contribution < 1.29 is 19.4 Å². The maximum atomic E-state index is 12.3. The molecule has 1 N–H and O–H groups in total.